The van der Waals surface area contributed by atoms with E-state index in [2.05, 4.69) is 59.9 Å². The zero-order chi connectivity index (χ0) is 18.9. The summed E-state index contributed by atoms with van der Waals surface area (Å²) in [6.45, 7) is 6.80. The van der Waals surface area contributed by atoms with E-state index >= 15 is 0 Å². The molecule has 1 unspecified atom stereocenters. The van der Waals surface area contributed by atoms with E-state index in [0.717, 1.165) is 49.0 Å². The number of anilines is 1. The lowest BCUT2D eigenvalue weighted by Gasteiger charge is -2.40. The Kier molecular flexibility index (Phi) is 5.02. The van der Waals surface area contributed by atoms with Crippen LogP contribution in [0.25, 0.3) is 16.8 Å². The van der Waals surface area contributed by atoms with Gasteiger partial charge in [-0.25, -0.2) is 9.50 Å². The summed E-state index contributed by atoms with van der Waals surface area (Å²) in [4.78, 5) is 9.88. The fourth-order valence-electron chi connectivity index (χ4n) is 4.47. The van der Waals surface area contributed by atoms with Gasteiger partial charge < -0.3 is 10.2 Å². The summed E-state index contributed by atoms with van der Waals surface area (Å²) in [6.07, 6.45) is 8.51. The second-order valence-corrected chi connectivity index (χ2v) is 8.43. The van der Waals surface area contributed by atoms with Crippen molar-refractivity contribution in [1.29, 1.82) is 0 Å². The number of hydrogen-bond donors (Lipinski definition) is 1. The fourth-order valence-corrected chi connectivity index (χ4v) is 4.77. The van der Waals surface area contributed by atoms with E-state index in [9.17, 15) is 0 Å². The van der Waals surface area contributed by atoms with Crippen LogP contribution in [0.3, 0.4) is 0 Å². The summed E-state index contributed by atoms with van der Waals surface area (Å²) in [5.74, 6) is 0. The first-order chi connectivity index (χ1) is 13.8. The Hall–Kier alpha value is -2.01. The fraction of sp³-hybridized carbons (Fsp3) is 0.429. The minimum atomic E-state index is 0.727. The molecule has 0 spiro atoms. The lowest BCUT2D eigenvalue weighted by Crippen LogP contribution is -2.52. The molecule has 1 aromatic carbocycles. The molecule has 4 heterocycles. The van der Waals surface area contributed by atoms with Crippen molar-refractivity contribution >= 4 is 25.9 Å². The molecule has 2 aliphatic rings. The van der Waals surface area contributed by atoms with Crippen molar-refractivity contribution in [3.63, 3.8) is 0 Å². The molecule has 6 nitrogen and oxygen atoms in total. The molecule has 2 aliphatic heterocycles. The Morgan fingerprint density at radius 3 is 2.64 bits per heavy atom. The van der Waals surface area contributed by atoms with Crippen molar-refractivity contribution in [1.82, 2.24) is 24.8 Å². The van der Waals surface area contributed by atoms with E-state index in [4.69, 9.17) is 4.98 Å². The Labute approximate surface area is 168 Å². The molecule has 1 atom stereocenters. The summed E-state index contributed by atoms with van der Waals surface area (Å²) in [5, 5.41) is 9.19. The van der Waals surface area contributed by atoms with Crippen LogP contribution < -0.4 is 15.5 Å². The Morgan fingerprint density at radius 1 is 1.04 bits per heavy atom. The molecule has 1 N–H and O–H groups in total. The van der Waals surface area contributed by atoms with Crippen LogP contribution in [-0.2, 0) is 0 Å². The molecule has 7 heteroatoms. The summed E-state index contributed by atoms with van der Waals surface area (Å²) >= 11 is 0. The van der Waals surface area contributed by atoms with Gasteiger partial charge in [-0.3, -0.25) is 4.90 Å². The number of nitrogens with one attached hydrogen (secondary N) is 1. The minimum Gasteiger partial charge on any atom is -0.369 e. The predicted octanol–water partition coefficient (Wildman–Crippen LogP) is 1.77. The molecule has 0 saturated carbocycles. The van der Waals surface area contributed by atoms with Gasteiger partial charge in [-0.1, -0.05) is 18.2 Å². The first-order valence-electron chi connectivity index (χ1n) is 10.2. The Balaban J connectivity index is 1.32. The largest absolute Gasteiger partial charge is 0.369 e. The van der Waals surface area contributed by atoms with E-state index in [1.165, 1.54) is 36.9 Å². The SMILES string of the molecule is Pc1cccc(-c2cnn3cc(N4CCC(N5CCNCC5)CC4)cnc23)c1. The van der Waals surface area contributed by atoms with Gasteiger partial charge in [-0.15, -0.1) is 9.24 Å². The van der Waals surface area contributed by atoms with Gasteiger partial charge >= 0.3 is 0 Å². The molecule has 146 valence electrons. The topological polar surface area (TPSA) is 48.7 Å². The van der Waals surface area contributed by atoms with Gasteiger partial charge in [0.05, 0.1) is 24.3 Å². The Morgan fingerprint density at radius 2 is 1.86 bits per heavy atom. The number of rotatable bonds is 3. The number of nitrogens with zero attached hydrogens (tertiary/aromatic N) is 5. The van der Waals surface area contributed by atoms with Crippen molar-refractivity contribution < 1.29 is 0 Å². The maximum Gasteiger partial charge on any atom is 0.162 e. The van der Waals surface area contributed by atoms with Crippen LogP contribution in [0, 0.1) is 0 Å². The van der Waals surface area contributed by atoms with Crippen LogP contribution in [0.4, 0.5) is 5.69 Å². The van der Waals surface area contributed by atoms with Gasteiger partial charge in [0.2, 0.25) is 0 Å². The smallest absolute Gasteiger partial charge is 0.162 e. The summed E-state index contributed by atoms with van der Waals surface area (Å²) in [7, 11) is 2.75. The van der Waals surface area contributed by atoms with Crippen LogP contribution in [0.1, 0.15) is 12.8 Å². The van der Waals surface area contributed by atoms with Gasteiger partial charge in [-0.05, 0) is 29.8 Å². The summed E-state index contributed by atoms with van der Waals surface area (Å²) in [6, 6.07) is 9.14. The third-order valence-corrected chi connectivity index (χ3v) is 6.40. The number of hydrogen-bond acceptors (Lipinski definition) is 5. The van der Waals surface area contributed by atoms with Crippen molar-refractivity contribution in [3.8, 4) is 11.1 Å². The van der Waals surface area contributed by atoms with E-state index in [-0.39, 0.29) is 0 Å². The summed E-state index contributed by atoms with van der Waals surface area (Å²) in [5.41, 5.74) is 4.31. The third kappa shape index (κ3) is 3.52. The number of fused-ring (bicyclic) bond motifs is 1. The molecular weight excluding hydrogens is 367 g/mol. The maximum absolute atomic E-state index is 4.76. The van der Waals surface area contributed by atoms with E-state index < -0.39 is 0 Å². The van der Waals surface area contributed by atoms with Crippen molar-refractivity contribution in [2.75, 3.05) is 44.2 Å². The van der Waals surface area contributed by atoms with Crippen molar-refractivity contribution in [2.24, 2.45) is 0 Å². The van der Waals surface area contributed by atoms with Crippen LogP contribution in [-0.4, -0.2) is 64.8 Å². The first-order valence-corrected chi connectivity index (χ1v) is 10.7. The van der Waals surface area contributed by atoms with Crippen LogP contribution in [0.15, 0.2) is 42.9 Å². The number of aromatic nitrogens is 3. The molecule has 2 aromatic heterocycles. The average molecular weight is 394 g/mol. The maximum atomic E-state index is 4.76. The summed E-state index contributed by atoms with van der Waals surface area (Å²) < 4.78 is 1.92. The van der Waals surface area contributed by atoms with E-state index in [1.807, 2.05) is 16.9 Å². The van der Waals surface area contributed by atoms with Crippen LogP contribution in [0.2, 0.25) is 0 Å². The normalized spacial score (nSPS) is 19.4. The standard InChI is InChI=1S/C21H27N6P/c28-19-3-1-2-16(12-19)20-14-24-27-15-18(13-23-21(20)27)25-8-4-17(5-9-25)26-10-6-22-7-11-26/h1-3,12-15,17,22H,4-11,28H2. The van der Waals surface area contributed by atoms with Crippen molar-refractivity contribution in [2.45, 2.75) is 18.9 Å². The van der Waals surface area contributed by atoms with Gasteiger partial charge in [0.1, 0.15) is 0 Å². The van der Waals surface area contributed by atoms with Gasteiger partial charge in [0.25, 0.3) is 0 Å². The Bertz CT molecular complexity index is 956. The van der Waals surface area contributed by atoms with Crippen molar-refractivity contribution in [3.05, 3.63) is 42.9 Å². The highest BCUT2D eigenvalue weighted by molar-refractivity contribution is 7.27. The second-order valence-electron chi connectivity index (χ2n) is 7.77. The highest BCUT2D eigenvalue weighted by Crippen LogP contribution is 2.26. The third-order valence-electron chi connectivity index (χ3n) is 6.04. The molecule has 0 aliphatic carbocycles. The zero-order valence-electron chi connectivity index (χ0n) is 16.1. The van der Waals surface area contributed by atoms with Gasteiger partial charge in [0, 0.05) is 50.9 Å². The molecule has 0 bridgehead atoms. The van der Waals surface area contributed by atoms with E-state index in [0.29, 0.717) is 0 Å². The van der Waals surface area contributed by atoms with Gasteiger partial charge in [-0.2, -0.15) is 5.10 Å². The van der Waals surface area contributed by atoms with E-state index in [1.54, 1.807) is 0 Å². The molecule has 2 saturated heterocycles. The molecule has 2 fully saturated rings. The number of benzene rings is 1. The molecular formula is C21H27N6P. The number of piperidine rings is 1. The monoisotopic (exact) mass is 394 g/mol. The number of piperazine rings is 1. The van der Waals surface area contributed by atoms with Crippen LogP contribution >= 0.6 is 9.24 Å². The lowest BCUT2D eigenvalue weighted by atomic mass is 10.0. The van der Waals surface area contributed by atoms with Crippen LogP contribution in [0.5, 0.6) is 0 Å². The lowest BCUT2D eigenvalue weighted by molar-refractivity contribution is 0.150. The quantitative estimate of drug-likeness (QED) is 0.687. The highest BCUT2D eigenvalue weighted by atomic mass is 31.0. The second kappa shape index (κ2) is 7.78. The molecule has 28 heavy (non-hydrogen) atoms. The predicted molar refractivity (Wildman–Crippen MR) is 117 cm³/mol. The highest BCUT2D eigenvalue weighted by Gasteiger charge is 2.26. The molecule has 0 radical (unpaired) electrons. The minimum absolute atomic E-state index is 0.727. The first kappa shape index (κ1) is 18.0. The molecule has 5 rings (SSSR count). The zero-order valence-corrected chi connectivity index (χ0v) is 17.2. The molecule has 3 aromatic rings. The average Bonchev–Trinajstić information content (AvgIpc) is 3.18. The molecule has 0 amide bonds. The van der Waals surface area contributed by atoms with Gasteiger partial charge in [0.15, 0.2) is 5.65 Å².